The van der Waals surface area contributed by atoms with Gasteiger partial charge in [0.2, 0.25) is 0 Å². The largest absolute Gasteiger partial charge is 0.391 e. The summed E-state index contributed by atoms with van der Waals surface area (Å²) < 4.78 is 6.53. The Morgan fingerprint density at radius 3 is 2.80 bits per heavy atom. The van der Waals surface area contributed by atoms with Gasteiger partial charge in [-0.05, 0) is 31.5 Å². The Hall–Kier alpha value is -1.99. The fourth-order valence-corrected chi connectivity index (χ4v) is 1.73. The molecule has 1 atom stereocenters. The van der Waals surface area contributed by atoms with Gasteiger partial charge in [-0.3, -0.25) is 0 Å². The molecular formula is C13H19N5O2. The number of hydrogen-bond acceptors (Lipinski definition) is 6. The Bertz CT molecular complexity index is 526. The third-order valence-corrected chi connectivity index (χ3v) is 2.75. The van der Waals surface area contributed by atoms with E-state index in [4.69, 9.17) is 4.74 Å². The predicted molar refractivity (Wildman–Crippen MR) is 74.9 cm³/mol. The fourth-order valence-electron chi connectivity index (χ4n) is 1.73. The zero-order valence-corrected chi connectivity index (χ0v) is 11.7. The zero-order valence-electron chi connectivity index (χ0n) is 11.7. The van der Waals surface area contributed by atoms with E-state index in [0.29, 0.717) is 31.2 Å². The molecular weight excluding hydrogens is 258 g/mol. The van der Waals surface area contributed by atoms with Gasteiger partial charge in [0.05, 0.1) is 18.4 Å². The summed E-state index contributed by atoms with van der Waals surface area (Å²) in [6.45, 7) is 2.87. The van der Waals surface area contributed by atoms with Crippen molar-refractivity contribution in [1.29, 1.82) is 0 Å². The maximum atomic E-state index is 9.51. The van der Waals surface area contributed by atoms with Crippen LogP contribution in [0.4, 0.5) is 5.82 Å². The first kappa shape index (κ1) is 14.4. The van der Waals surface area contributed by atoms with E-state index < -0.39 is 6.10 Å². The lowest BCUT2D eigenvalue weighted by Crippen LogP contribution is -2.18. The van der Waals surface area contributed by atoms with Gasteiger partial charge >= 0.3 is 0 Å². The number of nitrogens with one attached hydrogen (secondary N) is 1. The summed E-state index contributed by atoms with van der Waals surface area (Å²) in [5.41, 5.74) is 0.932. The molecule has 0 saturated heterocycles. The minimum atomic E-state index is -0.466. The summed E-state index contributed by atoms with van der Waals surface area (Å²) in [5.74, 6) is 1.34. The molecule has 108 valence electrons. The zero-order chi connectivity index (χ0) is 14.4. The van der Waals surface area contributed by atoms with Crippen molar-refractivity contribution >= 4 is 5.82 Å². The van der Waals surface area contributed by atoms with Crippen LogP contribution in [0.25, 0.3) is 5.82 Å². The van der Waals surface area contributed by atoms with Crippen molar-refractivity contribution < 1.29 is 9.84 Å². The second kappa shape index (κ2) is 6.97. The van der Waals surface area contributed by atoms with Gasteiger partial charge < -0.3 is 15.2 Å². The van der Waals surface area contributed by atoms with E-state index in [-0.39, 0.29) is 0 Å². The quantitative estimate of drug-likeness (QED) is 0.778. The molecule has 2 N–H and O–H groups in total. The summed E-state index contributed by atoms with van der Waals surface area (Å²) >= 11 is 0. The standard InChI is InChI=1S/C13H19N5O2/c1-10-6-8-18(17-10)13-4-3-12(15-16-13)14-7-5-11(19)9-20-2/h3-4,6,8,11,19H,5,7,9H2,1-2H3,(H,14,15). The maximum Gasteiger partial charge on any atom is 0.175 e. The molecule has 2 aromatic heterocycles. The molecule has 2 aromatic rings. The average Bonchev–Trinajstić information content (AvgIpc) is 2.86. The van der Waals surface area contributed by atoms with Crippen LogP contribution < -0.4 is 5.32 Å². The first-order valence-electron chi connectivity index (χ1n) is 6.46. The van der Waals surface area contributed by atoms with Crippen molar-refractivity contribution in [2.75, 3.05) is 25.6 Å². The van der Waals surface area contributed by atoms with Crippen LogP contribution in [0, 0.1) is 6.92 Å². The first-order valence-corrected chi connectivity index (χ1v) is 6.46. The molecule has 0 amide bonds. The number of anilines is 1. The van der Waals surface area contributed by atoms with Crippen molar-refractivity contribution in [3.05, 3.63) is 30.1 Å². The Morgan fingerprint density at radius 2 is 2.20 bits per heavy atom. The second-order valence-electron chi connectivity index (χ2n) is 4.50. The van der Waals surface area contributed by atoms with Crippen LogP contribution in [0.15, 0.2) is 24.4 Å². The van der Waals surface area contributed by atoms with Crippen LogP contribution in [0.5, 0.6) is 0 Å². The third-order valence-electron chi connectivity index (χ3n) is 2.75. The first-order chi connectivity index (χ1) is 9.69. The lowest BCUT2D eigenvalue weighted by atomic mass is 10.2. The van der Waals surface area contributed by atoms with Crippen molar-refractivity contribution in [2.24, 2.45) is 0 Å². The number of aliphatic hydroxyl groups is 1. The highest BCUT2D eigenvalue weighted by atomic mass is 16.5. The van der Waals surface area contributed by atoms with E-state index in [1.54, 1.807) is 11.8 Å². The molecule has 0 aliphatic heterocycles. The van der Waals surface area contributed by atoms with Crippen LogP contribution in [0.3, 0.4) is 0 Å². The molecule has 7 nitrogen and oxygen atoms in total. The smallest absolute Gasteiger partial charge is 0.175 e. The summed E-state index contributed by atoms with van der Waals surface area (Å²) in [6.07, 6.45) is 1.97. The fraction of sp³-hybridized carbons (Fsp3) is 0.462. The van der Waals surface area contributed by atoms with Gasteiger partial charge in [0.1, 0.15) is 5.82 Å². The normalized spacial score (nSPS) is 12.3. The molecule has 0 fully saturated rings. The van der Waals surface area contributed by atoms with Crippen LogP contribution in [0.2, 0.25) is 0 Å². The van der Waals surface area contributed by atoms with Crippen molar-refractivity contribution in [1.82, 2.24) is 20.0 Å². The topological polar surface area (TPSA) is 85.1 Å². The highest BCUT2D eigenvalue weighted by Crippen LogP contribution is 2.07. The molecule has 0 aliphatic rings. The van der Waals surface area contributed by atoms with Crippen molar-refractivity contribution in [3.63, 3.8) is 0 Å². The average molecular weight is 277 g/mol. The molecule has 2 heterocycles. The van der Waals surface area contributed by atoms with Gasteiger partial charge in [-0.2, -0.15) is 5.10 Å². The number of rotatable bonds is 7. The highest BCUT2D eigenvalue weighted by molar-refractivity contribution is 5.36. The maximum absolute atomic E-state index is 9.51. The second-order valence-corrected chi connectivity index (χ2v) is 4.50. The summed E-state index contributed by atoms with van der Waals surface area (Å²) in [4.78, 5) is 0. The molecule has 0 radical (unpaired) electrons. The summed E-state index contributed by atoms with van der Waals surface area (Å²) in [7, 11) is 1.57. The minimum Gasteiger partial charge on any atom is -0.391 e. The monoisotopic (exact) mass is 277 g/mol. The number of ether oxygens (including phenoxy) is 1. The lowest BCUT2D eigenvalue weighted by Gasteiger charge is -2.10. The van der Waals surface area contributed by atoms with Gasteiger partial charge in [0.25, 0.3) is 0 Å². The third kappa shape index (κ3) is 4.01. The molecule has 0 saturated carbocycles. The summed E-state index contributed by atoms with van der Waals surface area (Å²) in [6, 6.07) is 5.58. The van der Waals surface area contributed by atoms with Crippen LogP contribution in [0.1, 0.15) is 12.1 Å². The molecule has 0 aromatic carbocycles. The Labute approximate surface area is 117 Å². The summed E-state index contributed by atoms with van der Waals surface area (Å²) in [5, 5.41) is 25.0. The number of aromatic nitrogens is 4. The van der Waals surface area contributed by atoms with Crippen molar-refractivity contribution in [2.45, 2.75) is 19.4 Å². The van der Waals surface area contributed by atoms with Crippen LogP contribution >= 0.6 is 0 Å². The van der Waals surface area contributed by atoms with E-state index in [2.05, 4.69) is 20.6 Å². The van der Waals surface area contributed by atoms with Crippen LogP contribution in [-0.2, 0) is 4.74 Å². The SMILES string of the molecule is COCC(O)CCNc1ccc(-n2ccc(C)n2)nn1. The van der Waals surface area contributed by atoms with E-state index in [9.17, 15) is 5.11 Å². The number of nitrogens with zero attached hydrogens (tertiary/aromatic N) is 4. The Balaban J connectivity index is 1.86. The van der Waals surface area contributed by atoms with Gasteiger partial charge in [-0.25, -0.2) is 4.68 Å². The predicted octanol–water partition coefficient (Wildman–Crippen LogP) is 0.780. The van der Waals surface area contributed by atoms with E-state index in [0.717, 1.165) is 5.69 Å². The number of methoxy groups -OCH3 is 1. The van der Waals surface area contributed by atoms with Gasteiger partial charge in [0, 0.05) is 19.9 Å². The molecule has 2 rings (SSSR count). The lowest BCUT2D eigenvalue weighted by molar-refractivity contribution is 0.0615. The number of hydrogen-bond donors (Lipinski definition) is 2. The highest BCUT2D eigenvalue weighted by Gasteiger charge is 2.04. The molecule has 20 heavy (non-hydrogen) atoms. The Kier molecular flexibility index (Phi) is 5.03. The molecule has 1 unspecified atom stereocenters. The van der Waals surface area contributed by atoms with Gasteiger partial charge in [-0.1, -0.05) is 0 Å². The number of aryl methyl sites for hydroxylation is 1. The van der Waals surface area contributed by atoms with Gasteiger partial charge in [-0.15, -0.1) is 10.2 Å². The minimum absolute atomic E-state index is 0.338. The van der Waals surface area contributed by atoms with E-state index in [1.165, 1.54) is 0 Å². The molecule has 0 bridgehead atoms. The van der Waals surface area contributed by atoms with E-state index >= 15 is 0 Å². The van der Waals surface area contributed by atoms with Crippen molar-refractivity contribution in [3.8, 4) is 5.82 Å². The van der Waals surface area contributed by atoms with E-state index in [1.807, 2.05) is 31.3 Å². The van der Waals surface area contributed by atoms with Crippen LogP contribution in [-0.4, -0.2) is 51.4 Å². The van der Waals surface area contributed by atoms with Gasteiger partial charge in [0.15, 0.2) is 5.82 Å². The molecule has 7 heteroatoms. The Morgan fingerprint density at radius 1 is 1.35 bits per heavy atom. The molecule has 0 aliphatic carbocycles. The number of aliphatic hydroxyl groups excluding tert-OH is 1. The molecule has 0 spiro atoms.